The SMILES string of the molecule is CC1CCC(NC(=O)N2CCOCC2)C1C. The van der Waals surface area contributed by atoms with E-state index in [4.69, 9.17) is 4.74 Å². The van der Waals surface area contributed by atoms with Crippen LogP contribution in [0.5, 0.6) is 0 Å². The molecule has 2 amide bonds. The molecule has 1 N–H and O–H groups in total. The Hall–Kier alpha value is -0.770. The average Bonchev–Trinajstić information content (AvgIpc) is 2.62. The van der Waals surface area contributed by atoms with Gasteiger partial charge < -0.3 is 15.0 Å². The van der Waals surface area contributed by atoms with Gasteiger partial charge in [-0.2, -0.15) is 0 Å². The van der Waals surface area contributed by atoms with Crippen LogP contribution in [0.4, 0.5) is 4.79 Å². The molecular weight excluding hydrogens is 204 g/mol. The van der Waals surface area contributed by atoms with Gasteiger partial charge in [0, 0.05) is 19.1 Å². The molecule has 2 rings (SSSR count). The van der Waals surface area contributed by atoms with E-state index in [1.807, 2.05) is 4.90 Å². The summed E-state index contributed by atoms with van der Waals surface area (Å²) in [7, 11) is 0. The largest absolute Gasteiger partial charge is 0.378 e. The van der Waals surface area contributed by atoms with Crippen molar-refractivity contribution in [2.75, 3.05) is 26.3 Å². The van der Waals surface area contributed by atoms with Gasteiger partial charge in [0.05, 0.1) is 13.2 Å². The van der Waals surface area contributed by atoms with Crippen molar-refractivity contribution in [3.05, 3.63) is 0 Å². The van der Waals surface area contributed by atoms with E-state index in [9.17, 15) is 4.79 Å². The van der Waals surface area contributed by atoms with Gasteiger partial charge in [0.15, 0.2) is 0 Å². The molecule has 1 heterocycles. The minimum atomic E-state index is 0.0919. The summed E-state index contributed by atoms with van der Waals surface area (Å²) < 4.78 is 5.24. The highest BCUT2D eigenvalue weighted by Crippen LogP contribution is 2.31. The molecule has 2 aliphatic rings. The summed E-state index contributed by atoms with van der Waals surface area (Å²) in [6, 6.07) is 0.458. The fourth-order valence-corrected chi connectivity index (χ4v) is 2.58. The first-order chi connectivity index (χ1) is 7.68. The van der Waals surface area contributed by atoms with E-state index in [1.54, 1.807) is 0 Å². The second-order valence-corrected chi connectivity index (χ2v) is 5.07. The summed E-state index contributed by atoms with van der Waals surface area (Å²) in [6.07, 6.45) is 2.35. The molecule has 3 unspecified atom stereocenters. The highest BCUT2D eigenvalue weighted by atomic mass is 16.5. The van der Waals surface area contributed by atoms with Crippen molar-refractivity contribution in [3.63, 3.8) is 0 Å². The van der Waals surface area contributed by atoms with Gasteiger partial charge in [0.1, 0.15) is 0 Å². The molecule has 0 spiro atoms. The first kappa shape index (κ1) is 11.7. The fourth-order valence-electron chi connectivity index (χ4n) is 2.58. The van der Waals surface area contributed by atoms with Crippen LogP contribution < -0.4 is 5.32 Å². The van der Waals surface area contributed by atoms with Gasteiger partial charge in [0.25, 0.3) is 0 Å². The predicted octanol–water partition coefficient (Wildman–Crippen LogP) is 1.46. The van der Waals surface area contributed by atoms with Crippen LogP contribution in [0.15, 0.2) is 0 Å². The van der Waals surface area contributed by atoms with Crippen molar-refractivity contribution in [2.45, 2.75) is 32.7 Å². The molecule has 1 saturated heterocycles. The molecule has 4 nitrogen and oxygen atoms in total. The zero-order valence-corrected chi connectivity index (χ0v) is 10.2. The lowest BCUT2D eigenvalue weighted by atomic mass is 9.98. The molecule has 0 radical (unpaired) electrons. The Morgan fingerprint density at radius 2 is 1.94 bits per heavy atom. The lowest BCUT2D eigenvalue weighted by Crippen LogP contribution is -2.50. The number of ether oxygens (including phenoxy) is 1. The van der Waals surface area contributed by atoms with Crippen molar-refractivity contribution >= 4 is 6.03 Å². The standard InChI is InChI=1S/C12H22N2O2/c1-9-3-4-11(10(9)2)13-12(15)14-5-7-16-8-6-14/h9-11H,3-8H2,1-2H3,(H,13,15). The van der Waals surface area contributed by atoms with E-state index in [0.29, 0.717) is 25.2 Å². The van der Waals surface area contributed by atoms with Gasteiger partial charge in [-0.15, -0.1) is 0 Å². The van der Waals surface area contributed by atoms with E-state index in [1.165, 1.54) is 6.42 Å². The average molecular weight is 226 g/mol. The first-order valence-corrected chi connectivity index (χ1v) is 6.31. The van der Waals surface area contributed by atoms with Gasteiger partial charge in [-0.05, 0) is 24.7 Å². The van der Waals surface area contributed by atoms with Crippen LogP contribution in [0.1, 0.15) is 26.7 Å². The minimum absolute atomic E-state index is 0.0919. The monoisotopic (exact) mass is 226 g/mol. The summed E-state index contributed by atoms with van der Waals surface area (Å²) >= 11 is 0. The Morgan fingerprint density at radius 3 is 2.50 bits per heavy atom. The smallest absolute Gasteiger partial charge is 0.317 e. The number of carbonyl (C=O) groups is 1. The molecule has 0 bridgehead atoms. The number of carbonyl (C=O) groups excluding carboxylic acids is 1. The molecule has 0 aromatic heterocycles. The third kappa shape index (κ3) is 2.48. The Kier molecular flexibility index (Phi) is 3.69. The molecule has 1 aliphatic carbocycles. The number of nitrogens with one attached hydrogen (secondary N) is 1. The molecular formula is C12H22N2O2. The number of nitrogens with zero attached hydrogens (tertiary/aromatic N) is 1. The van der Waals surface area contributed by atoms with Gasteiger partial charge in [-0.25, -0.2) is 4.79 Å². The second kappa shape index (κ2) is 5.04. The maximum atomic E-state index is 12.0. The maximum absolute atomic E-state index is 12.0. The Labute approximate surface area is 97.3 Å². The molecule has 1 aliphatic heterocycles. The molecule has 0 aromatic carbocycles. The number of amides is 2. The maximum Gasteiger partial charge on any atom is 0.317 e. The molecule has 92 valence electrons. The van der Waals surface area contributed by atoms with Crippen molar-refractivity contribution in [2.24, 2.45) is 11.8 Å². The van der Waals surface area contributed by atoms with E-state index in [2.05, 4.69) is 19.2 Å². The van der Waals surface area contributed by atoms with E-state index in [-0.39, 0.29) is 6.03 Å². The minimum Gasteiger partial charge on any atom is -0.378 e. The Morgan fingerprint density at radius 1 is 1.25 bits per heavy atom. The summed E-state index contributed by atoms with van der Waals surface area (Å²) in [6.45, 7) is 7.30. The zero-order chi connectivity index (χ0) is 11.5. The zero-order valence-electron chi connectivity index (χ0n) is 10.2. The van der Waals surface area contributed by atoms with Crippen molar-refractivity contribution in [3.8, 4) is 0 Å². The Balaban J connectivity index is 1.82. The number of rotatable bonds is 1. The van der Waals surface area contributed by atoms with E-state index >= 15 is 0 Å². The van der Waals surface area contributed by atoms with Gasteiger partial charge in [0.2, 0.25) is 0 Å². The number of urea groups is 1. The third-order valence-corrected chi connectivity index (χ3v) is 4.07. The predicted molar refractivity (Wildman–Crippen MR) is 62.3 cm³/mol. The first-order valence-electron chi connectivity index (χ1n) is 6.31. The Bertz CT molecular complexity index is 251. The topological polar surface area (TPSA) is 41.6 Å². The molecule has 2 fully saturated rings. The van der Waals surface area contributed by atoms with Gasteiger partial charge in [-0.3, -0.25) is 0 Å². The number of hydrogen-bond acceptors (Lipinski definition) is 2. The van der Waals surface area contributed by atoms with Crippen LogP contribution >= 0.6 is 0 Å². The van der Waals surface area contributed by atoms with Crippen LogP contribution in [-0.2, 0) is 4.74 Å². The van der Waals surface area contributed by atoms with Crippen LogP contribution in [0.3, 0.4) is 0 Å². The second-order valence-electron chi connectivity index (χ2n) is 5.07. The van der Waals surface area contributed by atoms with Crippen LogP contribution in [0, 0.1) is 11.8 Å². The molecule has 3 atom stereocenters. The normalized spacial score (nSPS) is 35.1. The molecule has 0 aromatic rings. The van der Waals surface area contributed by atoms with Crippen LogP contribution in [0.25, 0.3) is 0 Å². The highest BCUT2D eigenvalue weighted by molar-refractivity contribution is 5.74. The lowest BCUT2D eigenvalue weighted by Gasteiger charge is -2.29. The quantitative estimate of drug-likeness (QED) is 0.735. The van der Waals surface area contributed by atoms with Crippen molar-refractivity contribution < 1.29 is 9.53 Å². The van der Waals surface area contributed by atoms with Crippen molar-refractivity contribution in [1.29, 1.82) is 0 Å². The molecule has 16 heavy (non-hydrogen) atoms. The summed E-state index contributed by atoms with van der Waals surface area (Å²) in [5.41, 5.74) is 0. The third-order valence-electron chi connectivity index (χ3n) is 4.07. The van der Waals surface area contributed by atoms with E-state index < -0.39 is 0 Å². The lowest BCUT2D eigenvalue weighted by molar-refractivity contribution is 0.0521. The molecule has 4 heteroatoms. The van der Waals surface area contributed by atoms with Crippen molar-refractivity contribution in [1.82, 2.24) is 10.2 Å². The highest BCUT2D eigenvalue weighted by Gasteiger charge is 2.31. The molecule has 1 saturated carbocycles. The number of hydrogen-bond donors (Lipinski definition) is 1. The number of morpholine rings is 1. The summed E-state index contributed by atoms with van der Waals surface area (Å²) in [4.78, 5) is 13.8. The van der Waals surface area contributed by atoms with Gasteiger partial charge in [-0.1, -0.05) is 13.8 Å². The summed E-state index contributed by atoms with van der Waals surface area (Å²) in [5, 5.41) is 3.16. The van der Waals surface area contributed by atoms with E-state index in [0.717, 1.165) is 25.4 Å². The summed E-state index contributed by atoms with van der Waals surface area (Å²) in [5.74, 6) is 1.33. The van der Waals surface area contributed by atoms with Gasteiger partial charge >= 0.3 is 6.03 Å². The fraction of sp³-hybridized carbons (Fsp3) is 0.917. The van der Waals surface area contributed by atoms with Crippen LogP contribution in [-0.4, -0.2) is 43.3 Å². The van der Waals surface area contributed by atoms with Crippen LogP contribution in [0.2, 0.25) is 0 Å².